The van der Waals surface area contributed by atoms with Gasteiger partial charge < -0.3 is 10.2 Å². The molecule has 1 saturated carbocycles. The summed E-state index contributed by atoms with van der Waals surface area (Å²) in [6.07, 6.45) is 8.50. The summed E-state index contributed by atoms with van der Waals surface area (Å²) < 4.78 is 0. The van der Waals surface area contributed by atoms with Crippen molar-refractivity contribution < 1.29 is 9.59 Å². The van der Waals surface area contributed by atoms with Crippen LogP contribution in [0.5, 0.6) is 0 Å². The van der Waals surface area contributed by atoms with Crippen molar-refractivity contribution in [2.24, 2.45) is 0 Å². The molecule has 0 heterocycles. The lowest BCUT2D eigenvalue weighted by molar-refractivity contribution is -0.132. The van der Waals surface area contributed by atoms with E-state index in [1.807, 2.05) is 20.9 Å². The molecule has 128 valence electrons. The largest absolute Gasteiger partial charge is 0.352 e. The third-order valence-electron chi connectivity index (χ3n) is 4.41. The smallest absolute Gasteiger partial charge is 0.236 e. The average molecular weight is 311 g/mol. The van der Waals surface area contributed by atoms with Crippen LogP contribution in [-0.2, 0) is 9.59 Å². The normalized spacial score (nSPS) is 16.9. The molecule has 0 aromatic rings. The summed E-state index contributed by atoms with van der Waals surface area (Å²) in [5, 5.41) is 3.14. The number of carbonyl (C=O) groups is 2. The van der Waals surface area contributed by atoms with Crippen molar-refractivity contribution in [2.75, 3.05) is 33.2 Å². The van der Waals surface area contributed by atoms with Crippen LogP contribution in [-0.4, -0.2) is 60.9 Å². The highest BCUT2D eigenvalue weighted by Gasteiger charge is 2.17. The quantitative estimate of drug-likeness (QED) is 0.782. The van der Waals surface area contributed by atoms with E-state index in [4.69, 9.17) is 0 Å². The van der Waals surface area contributed by atoms with E-state index in [0.29, 0.717) is 19.1 Å². The summed E-state index contributed by atoms with van der Waals surface area (Å²) in [6, 6.07) is 0.319. The van der Waals surface area contributed by atoms with Crippen LogP contribution < -0.4 is 5.32 Å². The lowest BCUT2D eigenvalue weighted by Gasteiger charge is -2.24. The number of nitrogens with zero attached hydrogens (tertiary/aromatic N) is 2. The highest BCUT2D eigenvalue weighted by Crippen LogP contribution is 2.16. The van der Waals surface area contributed by atoms with E-state index in [1.165, 1.54) is 32.1 Å². The number of hydrogen-bond donors (Lipinski definition) is 1. The maximum absolute atomic E-state index is 12.1. The van der Waals surface area contributed by atoms with Gasteiger partial charge in [-0.1, -0.05) is 32.1 Å². The monoisotopic (exact) mass is 311 g/mol. The second-order valence-corrected chi connectivity index (χ2v) is 6.35. The van der Waals surface area contributed by atoms with Gasteiger partial charge in [0, 0.05) is 19.1 Å². The summed E-state index contributed by atoms with van der Waals surface area (Å²) in [5.41, 5.74) is 0. The van der Waals surface area contributed by atoms with Crippen LogP contribution >= 0.6 is 0 Å². The van der Waals surface area contributed by atoms with Crippen molar-refractivity contribution >= 4 is 11.8 Å². The van der Waals surface area contributed by atoms with Crippen LogP contribution in [0.15, 0.2) is 0 Å². The lowest BCUT2D eigenvalue weighted by atomic mass is 9.97. The van der Waals surface area contributed by atoms with Crippen LogP contribution in [0.25, 0.3) is 0 Å². The third kappa shape index (κ3) is 7.25. The molecule has 1 aliphatic carbocycles. The van der Waals surface area contributed by atoms with Gasteiger partial charge in [-0.05, 0) is 33.7 Å². The molecule has 22 heavy (non-hydrogen) atoms. The second kappa shape index (κ2) is 10.6. The topological polar surface area (TPSA) is 52.7 Å². The second-order valence-electron chi connectivity index (χ2n) is 6.35. The molecule has 0 bridgehead atoms. The first-order valence-electron chi connectivity index (χ1n) is 8.82. The molecule has 0 spiro atoms. The maximum atomic E-state index is 12.1. The summed E-state index contributed by atoms with van der Waals surface area (Å²) >= 11 is 0. The molecular weight excluding hydrogens is 278 g/mol. The average Bonchev–Trinajstić information content (AvgIpc) is 2.42. The Morgan fingerprint density at radius 1 is 0.955 bits per heavy atom. The van der Waals surface area contributed by atoms with Crippen LogP contribution in [0.4, 0.5) is 0 Å². The van der Waals surface area contributed by atoms with Gasteiger partial charge in [-0.25, -0.2) is 0 Å². The molecule has 5 nitrogen and oxygen atoms in total. The first-order valence-corrected chi connectivity index (χ1v) is 8.82. The van der Waals surface area contributed by atoms with E-state index in [9.17, 15) is 9.59 Å². The molecule has 1 N–H and O–H groups in total. The van der Waals surface area contributed by atoms with E-state index in [0.717, 1.165) is 25.9 Å². The van der Waals surface area contributed by atoms with Crippen molar-refractivity contribution in [1.82, 2.24) is 15.1 Å². The molecule has 0 radical (unpaired) electrons. The minimum atomic E-state index is 0.0421. The summed E-state index contributed by atoms with van der Waals surface area (Å²) in [5.74, 6) is 0.131. The molecule has 0 aromatic heterocycles. The Morgan fingerprint density at radius 2 is 1.50 bits per heavy atom. The fourth-order valence-corrected chi connectivity index (χ4v) is 3.08. The zero-order valence-electron chi connectivity index (χ0n) is 14.6. The predicted octanol–water partition coefficient (Wildman–Crippen LogP) is 2.02. The number of carbonyl (C=O) groups excluding carboxylic acids is 2. The van der Waals surface area contributed by atoms with Crippen LogP contribution in [0.1, 0.15) is 58.8 Å². The molecule has 5 heteroatoms. The molecule has 0 atom stereocenters. The SMILES string of the molecule is CCN(CC)C(=O)CN(C)CC(=O)NC1CCCCCCC1. The zero-order chi connectivity index (χ0) is 16.4. The molecule has 1 fully saturated rings. The van der Waals surface area contributed by atoms with Gasteiger partial charge in [0.25, 0.3) is 0 Å². The van der Waals surface area contributed by atoms with E-state index in [1.54, 1.807) is 9.80 Å². The molecular formula is C17H33N3O2. The highest BCUT2D eigenvalue weighted by atomic mass is 16.2. The van der Waals surface area contributed by atoms with Gasteiger partial charge in [0.05, 0.1) is 13.1 Å². The molecule has 2 amide bonds. The molecule has 0 saturated heterocycles. The van der Waals surface area contributed by atoms with Crippen molar-refractivity contribution in [2.45, 2.75) is 64.8 Å². The van der Waals surface area contributed by atoms with Gasteiger partial charge in [0.1, 0.15) is 0 Å². The standard InChI is InChI=1S/C17H33N3O2/c1-4-20(5-2)17(22)14-19(3)13-16(21)18-15-11-9-7-6-8-10-12-15/h15H,4-14H2,1-3H3,(H,18,21). The number of amides is 2. The minimum Gasteiger partial charge on any atom is -0.352 e. The minimum absolute atomic E-state index is 0.0421. The van der Waals surface area contributed by atoms with Crippen molar-refractivity contribution in [1.29, 1.82) is 0 Å². The predicted molar refractivity (Wildman–Crippen MR) is 89.7 cm³/mol. The lowest BCUT2D eigenvalue weighted by Crippen LogP contribution is -2.44. The Balaban J connectivity index is 2.31. The number of nitrogens with one attached hydrogen (secondary N) is 1. The van der Waals surface area contributed by atoms with Crippen molar-refractivity contribution in [3.05, 3.63) is 0 Å². The van der Waals surface area contributed by atoms with E-state index >= 15 is 0 Å². The summed E-state index contributed by atoms with van der Waals surface area (Å²) in [4.78, 5) is 27.8. The third-order valence-corrected chi connectivity index (χ3v) is 4.41. The van der Waals surface area contributed by atoms with Gasteiger partial charge >= 0.3 is 0 Å². The van der Waals surface area contributed by atoms with Gasteiger partial charge in [-0.15, -0.1) is 0 Å². The van der Waals surface area contributed by atoms with Gasteiger partial charge in [-0.2, -0.15) is 0 Å². The molecule has 1 aliphatic rings. The Labute approximate surface area is 135 Å². The number of likely N-dealkylation sites (N-methyl/N-ethyl adjacent to an activating group) is 2. The van der Waals surface area contributed by atoms with Crippen LogP contribution in [0.3, 0.4) is 0 Å². The van der Waals surface area contributed by atoms with Gasteiger partial charge in [0.2, 0.25) is 11.8 Å². The van der Waals surface area contributed by atoms with Crippen LogP contribution in [0.2, 0.25) is 0 Å². The Hall–Kier alpha value is -1.10. The summed E-state index contributed by atoms with van der Waals surface area (Å²) in [7, 11) is 1.83. The van der Waals surface area contributed by atoms with E-state index < -0.39 is 0 Å². The number of rotatable bonds is 7. The van der Waals surface area contributed by atoms with Crippen LogP contribution in [0, 0.1) is 0 Å². The number of hydrogen-bond acceptors (Lipinski definition) is 3. The van der Waals surface area contributed by atoms with E-state index in [2.05, 4.69) is 5.32 Å². The Bertz CT molecular complexity index is 335. The van der Waals surface area contributed by atoms with Crippen molar-refractivity contribution in [3.63, 3.8) is 0 Å². The first kappa shape index (κ1) is 18.9. The Kier molecular flexibility index (Phi) is 9.13. The molecule has 0 aliphatic heterocycles. The molecule has 1 rings (SSSR count). The van der Waals surface area contributed by atoms with Gasteiger partial charge in [-0.3, -0.25) is 14.5 Å². The first-order chi connectivity index (χ1) is 10.6. The Morgan fingerprint density at radius 3 is 2.05 bits per heavy atom. The molecule has 0 unspecified atom stereocenters. The molecule has 0 aromatic carbocycles. The maximum Gasteiger partial charge on any atom is 0.236 e. The van der Waals surface area contributed by atoms with Gasteiger partial charge in [0.15, 0.2) is 0 Å². The fraction of sp³-hybridized carbons (Fsp3) is 0.882. The summed E-state index contributed by atoms with van der Waals surface area (Å²) in [6.45, 7) is 5.99. The van der Waals surface area contributed by atoms with Crippen molar-refractivity contribution in [3.8, 4) is 0 Å². The fourth-order valence-electron chi connectivity index (χ4n) is 3.08. The highest BCUT2D eigenvalue weighted by molar-refractivity contribution is 5.81. The van der Waals surface area contributed by atoms with E-state index in [-0.39, 0.29) is 11.8 Å². The zero-order valence-corrected chi connectivity index (χ0v) is 14.6.